The van der Waals surface area contributed by atoms with Crippen LogP contribution >= 0.6 is 0 Å². The van der Waals surface area contributed by atoms with Crippen LogP contribution in [0.15, 0.2) is 47.5 Å². The Labute approximate surface area is 116 Å². The van der Waals surface area contributed by atoms with Crippen LogP contribution in [0.3, 0.4) is 0 Å². The summed E-state index contributed by atoms with van der Waals surface area (Å²) in [5.41, 5.74) is 6.65. The molecule has 7 heteroatoms. The van der Waals surface area contributed by atoms with Crippen LogP contribution in [-0.2, 0) is 10.0 Å². The zero-order chi connectivity index (χ0) is 14.8. The topological polar surface area (TPSA) is 102 Å². The van der Waals surface area contributed by atoms with Gasteiger partial charge in [-0.3, -0.25) is 9.78 Å². The zero-order valence-electron chi connectivity index (χ0n) is 10.7. The lowest BCUT2D eigenvalue weighted by Gasteiger charge is -2.07. The Kier molecular flexibility index (Phi) is 3.82. The molecule has 6 nitrogen and oxygen atoms in total. The van der Waals surface area contributed by atoms with Gasteiger partial charge in [0.15, 0.2) is 0 Å². The van der Waals surface area contributed by atoms with Gasteiger partial charge in [0.1, 0.15) is 5.69 Å². The second kappa shape index (κ2) is 5.40. The van der Waals surface area contributed by atoms with Gasteiger partial charge in [0.2, 0.25) is 10.0 Å². The van der Waals surface area contributed by atoms with Crippen LogP contribution in [0.4, 0.5) is 0 Å². The smallest absolute Gasteiger partial charge is 0.267 e. The Bertz CT molecular complexity index is 740. The summed E-state index contributed by atoms with van der Waals surface area (Å²) >= 11 is 0. The number of amides is 1. The minimum Gasteiger partial charge on any atom is -0.364 e. The fourth-order valence-corrected chi connectivity index (χ4v) is 2.50. The third-order valence-electron chi connectivity index (χ3n) is 2.79. The predicted octanol–water partition coefficient (Wildman–Crippen LogP) is 0.756. The summed E-state index contributed by atoms with van der Waals surface area (Å²) in [6, 6.07) is 9.51. The summed E-state index contributed by atoms with van der Waals surface area (Å²) in [6.07, 6.45) is 1.48. The number of aromatic nitrogens is 1. The average molecular weight is 291 g/mol. The highest BCUT2D eigenvalue weighted by atomic mass is 32.2. The van der Waals surface area contributed by atoms with Crippen molar-refractivity contribution in [3.8, 4) is 11.1 Å². The molecule has 0 bridgehead atoms. The summed E-state index contributed by atoms with van der Waals surface area (Å²) in [5, 5.41) is 0. The lowest BCUT2D eigenvalue weighted by atomic mass is 10.0. The molecule has 0 saturated heterocycles. The van der Waals surface area contributed by atoms with E-state index in [0.717, 1.165) is 0 Å². The van der Waals surface area contributed by atoms with Crippen LogP contribution in [-0.4, -0.2) is 26.4 Å². The summed E-state index contributed by atoms with van der Waals surface area (Å²) in [6.45, 7) is 0. The molecule has 1 heterocycles. The lowest BCUT2D eigenvalue weighted by molar-refractivity contribution is 0.0996. The Morgan fingerprint density at radius 3 is 2.40 bits per heavy atom. The number of carbonyl (C=O) groups is 1. The first-order valence-electron chi connectivity index (χ1n) is 5.74. The van der Waals surface area contributed by atoms with Crippen molar-refractivity contribution in [3.63, 3.8) is 0 Å². The van der Waals surface area contributed by atoms with Gasteiger partial charge >= 0.3 is 0 Å². The number of rotatable bonds is 4. The molecule has 0 aliphatic rings. The number of carbonyl (C=O) groups excluding carboxylic acids is 1. The molecule has 1 aromatic carbocycles. The van der Waals surface area contributed by atoms with Crippen molar-refractivity contribution in [1.82, 2.24) is 9.71 Å². The number of nitrogens with zero attached hydrogens (tertiary/aromatic N) is 1. The van der Waals surface area contributed by atoms with Gasteiger partial charge in [0.25, 0.3) is 5.91 Å². The van der Waals surface area contributed by atoms with Gasteiger partial charge in [-0.15, -0.1) is 0 Å². The SMILES string of the molecule is CNS(=O)(=O)c1ccc(-c2cccnc2C(N)=O)cc1. The van der Waals surface area contributed by atoms with Crippen molar-refractivity contribution in [1.29, 1.82) is 0 Å². The first-order valence-corrected chi connectivity index (χ1v) is 7.23. The van der Waals surface area contributed by atoms with Crippen molar-refractivity contribution in [2.45, 2.75) is 4.90 Å². The standard InChI is InChI=1S/C13H13N3O3S/c1-15-20(18,19)10-6-4-9(5-7-10)11-3-2-8-16-12(11)13(14)17/h2-8,15H,1H3,(H2,14,17). The highest BCUT2D eigenvalue weighted by Gasteiger charge is 2.14. The van der Waals surface area contributed by atoms with Gasteiger partial charge in [-0.25, -0.2) is 13.1 Å². The normalized spacial score (nSPS) is 11.2. The van der Waals surface area contributed by atoms with E-state index in [1.54, 1.807) is 24.3 Å². The minimum absolute atomic E-state index is 0.147. The summed E-state index contributed by atoms with van der Waals surface area (Å²) in [7, 11) is -2.14. The van der Waals surface area contributed by atoms with Gasteiger partial charge in [-0.2, -0.15) is 0 Å². The molecule has 1 amide bonds. The molecule has 0 spiro atoms. The summed E-state index contributed by atoms with van der Waals surface area (Å²) < 4.78 is 25.5. The van der Waals surface area contributed by atoms with Crippen molar-refractivity contribution in [2.75, 3.05) is 7.05 Å². The van der Waals surface area contributed by atoms with Gasteiger partial charge in [0.05, 0.1) is 4.90 Å². The van der Waals surface area contributed by atoms with Crippen molar-refractivity contribution in [2.24, 2.45) is 5.73 Å². The van der Waals surface area contributed by atoms with E-state index in [9.17, 15) is 13.2 Å². The minimum atomic E-state index is -3.48. The number of benzene rings is 1. The molecule has 3 N–H and O–H groups in total. The number of nitrogens with one attached hydrogen (secondary N) is 1. The molecule has 0 atom stereocenters. The Morgan fingerprint density at radius 2 is 1.85 bits per heavy atom. The van der Waals surface area contributed by atoms with Crippen LogP contribution in [0.25, 0.3) is 11.1 Å². The zero-order valence-corrected chi connectivity index (χ0v) is 11.5. The number of pyridine rings is 1. The first kappa shape index (κ1) is 14.2. The molecule has 2 aromatic rings. The van der Waals surface area contributed by atoms with E-state index in [4.69, 9.17) is 5.73 Å². The van der Waals surface area contributed by atoms with Gasteiger partial charge in [-0.1, -0.05) is 18.2 Å². The maximum atomic E-state index is 11.6. The number of hydrogen-bond acceptors (Lipinski definition) is 4. The first-order chi connectivity index (χ1) is 9.45. The van der Waals surface area contributed by atoms with Crippen LogP contribution in [0.2, 0.25) is 0 Å². The van der Waals surface area contributed by atoms with Gasteiger partial charge in [-0.05, 0) is 30.8 Å². The second-order valence-corrected chi connectivity index (χ2v) is 5.88. The summed E-state index contributed by atoms with van der Waals surface area (Å²) in [5.74, 6) is -0.632. The van der Waals surface area contributed by atoms with Crippen LogP contribution < -0.4 is 10.5 Å². The summed E-state index contributed by atoms with van der Waals surface area (Å²) in [4.78, 5) is 15.4. The molecule has 0 radical (unpaired) electrons. The molecule has 104 valence electrons. The predicted molar refractivity (Wildman–Crippen MR) is 74.4 cm³/mol. The molecule has 0 saturated carbocycles. The fraction of sp³-hybridized carbons (Fsp3) is 0.0769. The average Bonchev–Trinajstić information content (AvgIpc) is 2.47. The van der Waals surface area contributed by atoms with E-state index in [0.29, 0.717) is 11.1 Å². The second-order valence-electron chi connectivity index (χ2n) is 4.00. The quantitative estimate of drug-likeness (QED) is 0.868. The van der Waals surface area contributed by atoms with E-state index in [2.05, 4.69) is 9.71 Å². The molecule has 1 aromatic heterocycles. The molecule has 0 fully saturated rings. The highest BCUT2D eigenvalue weighted by Crippen LogP contribution is 2.23. The van der Waals surface area contributed by atoms with E-state index in [-0.39, 0.29) is 10.6 Å². The Balaban J connectivity index is 2.49. The van der Waals surface area contributed by atoms with E-state index in [1.807, 2.05) is 0 Å². The van der Waals surface area contributed by atoms with Crippen LogP contribution in [0.5, 0.6) is 0 Å². The van der Waals surface area contributed by atoms with Crippen molar-refractivity contribution in [3.05, 3.63) is 48.3 Å². The van der Waals surface area contributed by atoms with Crippen LogP contribution in [0.1, 0.15) is 10.5 Å². The monoisotopic (exact) mass is 291 g/mol. The van der Waals surface area contributed by atoms with Gasteiger partial charge in [0, 0.05) is 11.8 Å². The van der Waals surface area contributed by atoms with Crippen molar-refractivity contribution >= 4 is 15.9 Å². The highest BCUT2D eigenvalue weighted by molar-refractivity contribution is 7.89. The third kappa shape index (κ3) is 2.68. The Hall–Kier alpha value is -2.25. The lowest BCUT2D eigenvalue weighted by Crippen LogP contribution is -2.18. The number of nitrogens with two attached hydrogens (primary N) is 1. The molecule has 0 aliphatic heterocycles. The number of sulfonamides is 1. The Morgan fingerprint density at radius 1 is 1.20 bits per heavy atom. The van der Waals surface area contributed by atoms with E-state index < -0.39 is 15.9 Å². The van der Waals surface area contributed by atoms with Crippen LogP contribution in [0, 0.1) is 0 Å². The molecule has 2 rings (SSSR count). The fourth-order valence-electron chi connectivity index (χ4n) is 1.77. The number of hydrogen-bond donors (Lipinski definition) is 2. The molecular formula is C13H13N3O3S. The molecule has 0 unspecified atom stereocenters. The molecule has 20 heavy (non-hydrogen) atoms. The largest absolute Gasteiger partial charge is 0.364 e. The third-order valence-corrected chi connectivity index (χ3v) is 4.22. The van der Waals surface area contributed by atoms with E-state index in [1.165, 1.54) is 25.4 Å². The molecule has 0 aliphatic carbocycles. The molecular weight excluding hydrogens is 278 g/mol. The van der Waals surface area contributed by atoms with E-state index >= 15 is 0 Å². The number of primary amides is 1. The van der Waals surface area contributed by atoms with Gasteiger partial charge < -0.3 is 5.73 Å². The maximum absolute atomic E-state index is 11.6. The maximum Gasteiger partial charge on any atom is 0.267 e. The van der Waals surface area contributed by atoms with Crippen molar-refractivity contribution < 1.29 is 13.2 Å².